The van der Waals surface area contributed by atoms with Gasteiger partial charge in [0.05, 0.1) is 19.3 Å². The molecular formula is C12H23NO3. The average molecular weight is 229 g/mol. The fraction of sp³-hybridized carbons (Fsp3) is 0.917. The highest BCUT2D eigenvalue weighted by atomic mass is 16.5. The summed E-state index contributed by atoms with van der Waals surface area (Å²) in [6.45, 7) is 6.67. The summed E-state index contributed by atoms with van der Waals surface area (Å²) in [6, 6.07) is -0.0834. The van der Waals surface area contributed by atoms with E-state index in [1.54, 1.807) is 0 Å². The molecule has 1 N–H and O–H groups in total. The van der Waals surface area contributed by atoms with Crippen molar-refractivity contribution in [3.63, 3.8) is 0 Å². The molecule has 0 amide bonds. The molecule has 1 rings (SSSR count). The van der Waals surface area contributed by atoms with Gasteiger partial charge < -0.3 is 14.8 Å². The normalized spacial score (nSPS) is 18.2. The highest BCUT2D eigenvalue weighted by Crippen LogP contribution is 2.21. The third-order valence-electron chi connectivity index (χ3n) is 2.66. The molecule has 0 aromatic rings. The van der Waals surface area contributed by atoms with E-state index >= 15 is 0 Å². The Morgan fingerprint density at radius 2 is 2.12 bits per heavy atom. The Morgan fingerprint density at radius 3 is 2.56 bits per heavy atom. The Hall–Kier alpha value is -0.610. The van der Waals surface area contributed by atoms with Gasteiger partial charge >= 0.3 is 5.97 Å². The lowest BCUT2D eigenvalue weighted by molar-refractivity contribution is -0.148. The maximum absolute atomic E-state index is 11.6. The molecule has 0 saturated heterocycles. The molecule has 0 aromatic heterocycles. The third-order valence-corrected chi connectivity index (χ3v) is 2.66. The van der Waals surface area contributed by atoms with Crippen molar-refractivity contribution < 1.29 is 14.3 Å². The molecule has 0 heterocycles. The van der Waals surface area contributed by atoms with Gasteiger partial charge in [0, 0.05) is 6.04 Å². The molecule has 0 bridgehead atoms. The summed E-state index contributed by atoms with van der Waals surface area (Å²) < 4.78 is 10.7. The summed E-state index contributed by atoms with van der Waals surface area (Å²) >= 11 is 0. The van der Waals surface area contributed by atoms with E-state index in [0.717, 1.165) is 12.8 Å². The van der Waals surface area contributed by atoms with Gasteiger partial charge in [-0.2, -0.15) is 0 Å². The first kappa shape index (κ1) is 13.5. The van der Waals surface area contributed by atoms with Crippen molar-refractivity contribution in [3.05, 3.63) is 0 Å². The van der Waals surface area contributed by atoms with Gasteiger partial charge in [-0.05, 0) is 26.2 Å². The Kier molecular flexibility index (Phi) is 5.77. The molecule has 0 aromatic carbocycles. The molecule has 1 unspecified atom stereocenters. The number of nitrogens with one attached hydrogen (secondary N) is 1. The monoisotopic (exact) mass is 229 g/mol. The molecule has 94 valence electrons. The van der Waals surface area contributed by atoms with Crippen LogP contribution in [-0.4, -0.2) is 37.4 Å². The minimum atomic E-state index is -0.333. The van der Waals surface area contributed by atoms with Crippen LogP contribution < -0.4 is 5.32 Å². The lowest BCUT2D eigenvalue weighted by Gasteiger charge is -2.28. The van der Waals surface area contributed by atoms with Crippen molar-refractivity contribution in [1.29, 1.82) is 0 Å². The molecular weight excluding hydrogens is 206 g/mol. The zero-order valence-electron chi connectivity index (χ0n) is 10.5. The van der Waals surface area contributed by atoms with Crippen LogP contribution in [0.15, 0.2) is 0 Å². The minimum absolute atomic E-state index is 0.212. The Morgan fingerprint density at radius 1 is 1.44 bits per heavy atom. The number of hydrogen-bond acceptors (Lipinski definition) is 4. The predicted molar refractivity (Wildman–Crippen MR) is 62.3 cm³/mol. The Balaban J connectivity index is 2.32. The quantitative estimate of drug-likeness (QED) is 0.672. The molecule has 4 heteroatoms. The van der Waals surface area contributed by atoms with Crippen molar-refractivity contribution in [1.82, 2.24) is 5.32 Å². The molecule has 1 aliphatic carbocycles. The minimum Gasteiger partial charge on any atom is -0.465 e. The van der Waals surface area contributed by atoms with Crippen molar-refractivity contribution in [3.8, 4) is 0 Å². The molecule has 0 radical (unpaired) electrons. The van der Waals surface area contributed by atoms with Gasteiger partial charge in [-0.1, -0.05) is 13.8 Å². The van der Waals surface area contributed by atoms with E-state index in [0.29, 0.717) is 19.3 Å². The smallest absolute Gasteiger partial charge is 0.325 e. The molecule has 16 heavy (non-hydrogen) atoms. The van der Waals surface area contributed by atoms with E-state index in [4.69, 9.17) is 9.47 Å². The summed E-state index contributed by atoms with van der Waals surface area (Å²) in [5.41, 5.74) is 0. The van der Waals surface area contributed by atoms with Gasteiger partial charge in [0.1, 0.15) is 6.04 Å². The van der Waals surface area contributed by atoms with Crippen LogP contribution in [-0.2, 0) is 14.3 Å². The van der Waals surface area contributed by atoms with E-state index in [1.165, 1.54) is 6.42 Å². The Bertz CT molecular complexity index is 214. The first-order valence-electron chi connectivity index (χ1n) is 6.17. The third kappa shape index (κ3) is 4.49. The van der Waals surface area contributed by atoms with Crippen LogP contribution in [0.1, 0.15) is 40.0 Å². The number of carbonyl (C=O) groups is 1. The maximum Gasteiger partial charge on any atom is 0.325 e. The molecule has 0 spiro atoms. The lowest BCUT2D eigenvalue weighted by Crippen LogP contribution is -2.46. The number of esters is 1. The van der Waals surface area contributed by atoms with Gasteiger partial charge in [-0.25, -0.2) is 0 Å². The second kappa shape index (κ2) is 6.86. The summed E-state index contributed by atoms with van der Waals surface area (Å²) in [5.74, 6) is -0.212. The summed E-state index contributed by atoms with van der Waals surface area (Å²) in [6.07, 6.45) is 3.84. The van der Waals surface area contributed by atoms with E-state index in [-0.39, 0.29) is 18.1 Å². The molecule has 4 nitrogen and oxygen atoms in total. The largest absolute Gasteiger partial charge is 0.465 e. The van der Waals surface area contributed by atoms with E-state index in [9.17, 15) is 4.79 Å². The fourth-order valence-corrected chi connectivity index (χ4v) is 1.60. The lowest BCUT2D eigenvalue weighted by atomic mass is 9.96. The zero-order valence-corrected chi connectivity index (χ0v) is 10.5. The number of carbonyl (C=O) groups excluding carboxylic acids is 1. The van der Waals surface area contributed by atoms with Crippen LogP contribution in [0.4, 0.5) is 0 Å². The highest BCUT2D eigenvalue weighted by Gasteiger charge is 2.24. The molecule has 1 fully saturated rings. The number of rotatable bonds is 7. The molecule has 1 aliphatic rings. The zero-order chi connectivity index (χ0) is 12.0. The van der Waals surface area contributed by atoms with Gasteiger partial charge in [0.25, 0.3) is 0 Å². The Labute approximate surface area is 97.7 Å². The fourth-order valence-electron chi connectivity index (χ4n) is 1.60. The van der Waals surface area contributed by atoms with E-state index in [2.05, 4.69) is 5.32 Å². The number of hydrogen-bond donors (Lipinski definition) is 1. The van der Waals surface area contributed by atoms with E-state index < -0.39 is 0 Å². The highest BCUT2D eigenvalue weighted by molar-refractivity contribution is 5.75. The van der Waals surface area contributed by atoms with E-state index in [1.807, 2.05) is 20.8 Å². The van der Waals surface area contributed by atoms with Crippen LogP contribution in [0.2, 0.25) is 0 Å². The predicted octanol–water partition coefficient (Wildman–Crippen LogP) is 1.49. The average Bonchev–Trinajstić information content (AvgIpc) is 2.13. The van der Waals surface area contributed by atoms with Crippen LogP contribution in [0, 0.1) is 0 Å². The summed E-state index contributed by atoms with van der Waals surface area (Å²) in [7, 11) is 0. The number of ether oxygens (including phenoxy) is 2. The molecule has 1 saturated carbocycles. The first-order valence-corrected chi connectivity index (χ1v) is 6.17. The molecule has 1 atom stereocenters. The van der Waals surface area contributed by atoms with Crippen LogP contribution >= 0.6 is 0 Å². The molecule has 0 aliphatic heterocycles. The van der Waals surface area contributed by atoms with Crippen molar-refractivity contribution >= 4 is 5.97 Å². The van der Waals surface area contributed by atoms with Crippen molar-refractivity contribution in [2.24, 2.45) is 0 Å². The topological polar surface area (TPSA) is 47.6 Å². The summed E-state index contributed by atoms with van der Waals surface area (Å²) in [5, 5.41) is 3.17. The van der Waals surface area contributed by atoms with Crippen LogP contribution in [0.25, 0.3) is 0 Å². The second-order valence-corrected chi connectivity index (χ2v) is 4.51. The standard InChI is InChI=1S/C12H23NO3/c1-4-15-12(14)11(13-9(2)3)8-16-10-6-5-7-10/h9-11,13H,4-8H2,1-3H3. The maximum atomic E-state index is 11.6. The van der Waals surface area contributed by atoms with Crippen molar-refractivity contribution in [2.75, 3.05) is 13.2 Å². The van der Waals surface area contributed by atoms with Crippen LogP contribution in [0.3, 0.4) is 0 Å². The first-order chi connectivity index (χ1) is 7.63. The van der Waals surface area contributed by atoms with Gasteiger partial charge in [0.15, 0.2) is 0 Å². The van der Waals surface area contributed by atoms with Crippen LogP contribution in [0.5, 0.6) is 0 Å². The van der Waals surface area contributed by atoms with Gasteiger partial charge in [0.2, 0.25) is 0 Å². The van der Waals surface area contributed by atoms with Gasteiger partial charge in [-0.3, -0.25) is 4.79 Å². The summed E-state index contributed by atoms with van der Waals surface area (Å²) in [4.78, 5) is 11.6. The second-order valence-electron chi connectivity index (χ2n) is 4.51. The van der Waals surface area contributed by atoms with Gasteiger partial charge in [-0.15, -0.1) is 0 Å². The van der Waals surface area contributed by atoms with Crippen molar-refractivity contribution in [2.45, 2.75) is 58.2 Å². The SMILES string of the molecule is CCOC(=O)C(COC1CCC1)NC(C)C.